The molecule has 0 N–H and O–H groups in total. The predicted octanol–water partition coefficient (Wildman–Crippen LogP) is 1.01. The first kappa shape index (κ1) is 22.8. The maximum atomic E-state index is 2.12. The molecular weight excluding hydrogens is 206 g/mol. The van der Waals surface area contributed by atoms with E-state index in [0.717, 1.165) is 6.42 Å². The molecule has 0 atom stereocenters. The fourth-order valence-corrected chi connectivity index (χ4v) is 0.393. The Morgan fingerprint density at radius 3 is 1.18 bits per heavy atom. The van der Waals surface area contributed by atoms with Gasteiger partial charge >= 0.3 is 58.2 Å². The molecule has 1 heteroatoms. The molecule has 0 aromatic carbocycles. The molecule has 1 aliphatic carbocycles. The molecular formula is C10H21Rb. The number of hydrogen-bond acceptors (Lipinski definition) is 0. The van der Waals surface area contributed by atoms with Gasteiger partial charge in [0.1, 0.15) is 0 Å². The van der Waals surface area contributed by atoms with Crippen molar-refractivity contribution < 1.29 is 58.2 Å². The van der Waals surface area contributed by atoms with Crippen molar-refractivity contribution in [3.8, 4) is 0 Å². The standard InChI is InChI=1S/C5H6.2C2H6.CH3.Rb/c1-2-4-5-3-1;2*1-2;;/h1-4H,5H2;2*1-2H3;1H3;/q;;;-1;+1. The molecule has 0 aromatic rings. The van der Waals surface area contributed by atoms with Crippen LogP contribution in [0, 0.1) is 7.43 Å². The van der Waals surface area contributed by atoms with Gasteiger partial charge in [0.15, 0.2) is 0 Å². The van der Waals surface area contributed by atoms with Crippen molar-refractivity contribution in [3.63, 3.8) is 0 Å². The van der Waals surface area contributed by atoms with E-state index in [1.54, 1.807) is 0 Å². The van der Waals surface area contributed by atoms with Gasteiger partial charge in [0.25, 0.3) is 0 Å². The van der Waals surface area contributed by atoms with Crippen LogP contribution in [-0.4, -0.2) is 0 Å². The summed E-state index contributed by atoms with van der Waals surface area (Å²) in [5.74, 6) is 0. The monoisotopic (exact) mass is 226 g/mol. The van der Waals surface area contributed by atoms with Crippen LogP contribution in [0.3, 0.4) is 0 Å². The van der Waals surface area contributed by atoms with Gasteiger partial charge in [0.05, 0.1) is 0 Å². The molecule has 0 saturated carbocycles. The average molecular weight is 227 g/mol. The molecule has 0 heterocycles. The summed E-state index contributed by atoms with van der Waals surface area (Å²) in [6, 6.07) is 0. The summed E-state index contributed by atoms with van der Waals surface area (Å²) in [7, 11) is 0. The molecule has 0 saturated heterocycles. The molecule has 1 rings (SSSR count). The number of rotatable bonds is 0. The topological polar surface area (TPSA) is 0 Å². The largest absolute Gasteiger partial charge is 1.00 e. The second-order valence-corrected chi connectivity index (χ2v) is 1.09. The zero-order valence-electron chi connectivity index (χ0n) is 9.02. The van der Waals surface area contributed by atoms with Crippen molar-refractivity contribution in [2.45, 2.75) is 34.1 Å². The van der Waals surface area contributed by atoms with Crippen LogP contribution >= 0.6 is 0 Å². The minimum absolute atomic E-state index is 0. The molecule has 0 spiro atoms. The van der Waals surface area contributed by atoms with Crippen LogP contribution in [-0.2, 0) is 0 Å². The summed E-state index contributed by atoms with van der Waals surface area (Å²) < 4.78 is 0. The Labute approximate surface area is 122 Å². The van der Waals surface area contributed by atoms with Crippen LogP contribution in [0.5, 0.6) is 0 Å². The molecule has 0 fully saturated rings. The quantitative estimate of drug-likeness (QED) is 0.541. The second kappa shape index (κ2) is 30.2. The summed E-state index contributed by atoms with van der Waals surface area (Å²) in [5.41, 5.74) is 0. The Balaban J connectivity index is -0.0000000369. The van der Waals surface area contributed by atoms with E-state index in [1.807, 2.05) is 27.7 Å². The van der Waals surface area contributed by atoms with E-state index in [-0.39, 0.29) is 65.6 Å². The average Bonchev–Trinajstić information content (AvgIpc) is 2.51. The molecule has 0 aliphatic heterocycles. The van der Waals surface area contributed by atoms with Crippen LogP contribution in [0.4, 0.5) is 0 Å². The summed E-state index contributed by atoms with van der Waals surface area (Å²) >= 11 is 0. The summed E-state index contributed by atoms with van der Waals surface area (Å²) in [5, 5.41) is 0. The molecule has 62 valence electrons. The van der Waals surface area contributed by atoms with Gasteiger partial charge < -0.3 is 7.43 Å². The first-order valence-electron chi connectivity index (χ1n) is 3.82. The smallest absolute Gasteiger partial charge is 0.358 e. The molecule has 0 bridgehead atoms. The van der Waals surface area contributed by atoms with Gasteiger partial charge in [-0.1, -0.05) is 52.0 Å². The Morgan fingerprint density at radius 2 is 1.09 bits per heavy atom. The molecule has 1 aliphatic rings. The van der Waals surface area contributed by atoms with E-state index in [0.29, 0.717) is 0 Å². The molecule has 0 radical (unpaired) electrons. The predicted molar refractivity (Wildman–Crippen MR) is 52.0 cm³/mol. The maximum Gasteiger partial charge on any atom is 1.00 e. The maximum absolute atomic E-state index is 2.12. The van der Waals surface area contributed by atoms with Crippen molar-refractivity contribution in [2.24, 2.45) is 0 Å². The van der Waals surface area contributed by atoms with E-state index in [2.05, 4.69) is 24.3 Å². The molecule has 0 aromatic heterocycles. The Bertz CT molecular complexity index is 62.9. The van der Waals surface area contributed by atoms with Gasteiger partial charge in [-0.2, -0.15) is 0 Å². The van der Waals surface area contributed by atoms with E-state index in [1.165, 1.54) is 0 Å². The zero-order chi connectivity index (χ0) is 7.54. The Morgan fingerprint density at radius 1 is 0.818 bits per heavy atom. The van der Waals surface area contributed by atoms with Gasteiger partial charge in [-0.3, -0.25) is 0 Å². The fraction of sp³-hybridized carbons (Fsp3) is 0.500. The first-order valence-corrected chi connectivity index (χ1v) is 3.82. The third kappa shape index (κ3) is 24.6. The molecule has 11 heavy (non-hydrogen) atoms. The second-order valence-electron chi connectivity index (χ2n) is 1.09. The van der Waals surface area contributed by atoms with Crippen molar-refractivity contribution in [3.05, 3.63) is 31.7 Å². The van der Waals surface area contributed by atoms with Gasteiger partial charge in [-0.05, 0) is 6.42 Å². The van der Waals surface area contributed by atoms with E-state index >= 15 is 0 Å². The van der Waals surface area contributed by atoms with E-state index in [4.69, 9.17) is 0 Å². The van der Waals surface area contributed by atoms with Crippen LogP contribution in [0.1, 0.15) is 34.1 Å². The third-order valence-corrected chi connectivity index (χ3v) is 0.655. The van der Waals surface area contributed by atoms with E-state index in [9.17, 15) is 0 Å². The van der Waals surface area contributed by atoms with Gasteiger partial charge in [-0.15, -0.1) is 0 Å². The first-order chi connectivity index (χ1) is 4.50. The minimum Gasteiger partial charge on any atom is -0.358 e. The summed E-state index contributed by atoms with van der Waals surface area (Å²) in [6.07, 6.45) is 9.50. The van der Waals surface area contributed by atoms with Crippen molar-refractivity contribution in [2.75, 3.05) is 0 Å². The van der Waals surface area contributed by atoms with Crippen LogP contribution < -0.4 is 58.2 Å². The van der Waals surface area contributed by atoms with Crippen molar-refractivity contribution in [1.29, 1.82) is 0 Å². The summed E-state index contributed by atoms with van der Waals surface area (Å²) in [4.78, 5) is 0. The normalized spacial score (nSPS) is 9.09. The Kier molecular flexibility index (Phi) is 62.6. The van der Waals surface area contributed by atoms with Crippen molar-refractivity contribution >= 4 is 0 Å². The number of allylic oxidation sites excluding steroid dienone is 4. The van der Waals surface area contributed by atoms with Gasteiger partial charge in [0, 0.05) is 0 Å². The number of hydrogen-bond donors (Lipinski definition) is 0. The third-order valence-electron chi connectivity index (χ3n) is 0.655. The van der Waals surface area contributed by atoms with Gasteiger partial charge in [0.2, 0.25) is 0 Å². The fourth-order valence-electron chi connectivity index (χ4n) is 0.393. The van der Waals surface area contributed by atoms with Gasteiger partial charge in [-0.25, -0.2) is 0 Å². The summed E-state index contributed by atoms with van der Waals surface area (Å²) in [6.45, 7) is 8.00. The van der Waals surface area contributed by atoms with Crippen LogP contribution in [0.2, 0.25) is 0 Å². The Hall–Kier alpha value is 1.29. The molecule has 0 nitrogen and oxygen atoms in total. The van der Waals surface area contributed by atoms with E-state index < -0.39 is 0 Å². The SMILES string of the molecule is C1=CCC=C1.CC.CC.[CH3-].[Rb+]. The van der Waals surface area contributed by atoms with Crippen LogP contribution in [0.25, 0.3) is 0 Å². The van der Waals surface area contributed by atoms with Crippen molar-refractivity contribution in [1.82, 2.24) is 0 Å². The molecule has 0 amide bonds. The minimum atomic E-state index is 0. The zero-order valence-corrected chi connectivity index (χ0v) is 13.9. The molecule has 0 unspecified atom stereocenters. The van der Waals surface area contributed by atoms with Crippen LogP contribution in [0.15, 0.2) is 24.3 Å².